The van der Waals surface area contributed by atoms with E-state index in [-0.39, 0.29) is 5.91 Å². The van der Waals surface area contributed by atoms with Gasteiger partial charge in [0, 0.05) is 35.3 Å². The Bertz CT molecular complexity index is 1380. The van der Waals surface area contributed by atoms with E-state index >= 15 is 0 Å². The molecule has 0 spiro atoms. The van der Waals surface area contributed by atoms with Crippen molar-refractivity contribution < 1.29 is 4.79 Å². The predicted octanol–water partition coefficient (Wildman–Crippen LogP) is 5.27. The molecule has 0 radical (unpaired) electrons. The third-order valence-corrected chi connectivity index (χ3v) is 5.56. The van der Waals surface area contributed by atoms with Gasteiger partial charge in [-0.05, 0) is 36.8 Å². The van der Waals surface area contributed by atoms with Gasteiger partial charge in [-0.3, -0.25) is 9.78 Å². The topological polar surface area (TPSA) is 85.6 Å². The molecule has 5 aromatic rings. The largest absolute Gasteiger partial charge is 0.309 e. The zero-order chi connectivity index (χ0) is 23.3. The van der Waals surface area contributed by atoms with Crippen LogP contribution in [0.2, 0.25) is 0 Å². The van der Waals surface area contributed by atoms with Crippen molar-refractivity contribution in [2.45, 2.75) is 13.0 Å². The van der Waals surface area contributed by atoms with Crippen LogP contribution in [-0.2, 0) is 4.79 Å². The Hall–Kier alpha value is -4.65. The number of nitrogens with zero attached hydrogens (tertiary/aromatic N) is 5. The van der Waals surface area contributed by atoms with E-state index in [0.29, 0.717) is 11.5 Å². The van der Waals surface area contributed by atoms with Crippen molar-refractivity contribution >= 4 is 11.7 Å². The van der Waals surface area contributed by atoms with Gasteiger partial charge in [-0.15, -0.1) is 5.10 Å². The first kappa shape index (κ1) is 21.2. The molecule has 0 saturated carbocycles. The van der Waals surface area contributed by atoms with Gasteiger partial charge >= 0.3 is 0 Å². The summed E-state index contributed by atoms with van der Waals surface area (Å²) >= 11 is 0. The first-order chi connectivity index (χ1) is 16.7. The number of anilines is 1. The minimum atomic E-state index is -0.617. The lowest BCUT2D eigenvalue weighted by molar-refractivity contribution is -0.119. The summed E-state index contributed by atoms with van der Waals surface area (Å²) in [5.74, 6) is 0.246. The molecule has 0 aliphatic rings. The van der Waals surface area contributed by atoms with Crippen LogP contribution in [0.3, 0.4) is 0 Å². The van der Waals surface area contributed by atoms with Crippen molar-refractivity contribution in [1.29, 1.82) is 0 Å². The summed E-state index contributed by atoms with van der Waals surface area (Å²) < 4.78 is 1.65. The fourth-order valence-electron chi connectivity index (χ4n) is 3.74. The quantitative estimate of drug-likeness (QED) is 0.384. The van der Waals surface area contributed by atoms with Gasteiger partial charge in [0.05, 0.1) is 5.69 Å². The molecule has 0 bridgehead atoms. The lowest BCUT2D eigenvalue weighted by Gasteiger charge is -2.15. The summed E-state index contributed by atoms with van der Waals surface area (Å²) in [6, 6.07) is 26.7. The number of hydrogen-bond donors (Lipinski definition) is 1. The maximum absolute atomic E-state index is 13.1. The number of carbonyl (C=O) groups is 1. The molecule has 0 aliphatic heterocycles. The average Bonchev–Trinajstić information content (AvgIpc) is 3.35. The van der Waals surface area contributed by atoms with E-state index in [4.69, 9.17) is 0 Å². The zero-order valence-electron chi connectivity index (χ0n) is 18.5. The molecule has 0 fully saturated rings. The second kappa shape index (κ2) is 9.46. The Morgan fingerprint density at radius 3 is 2.12 bits per heavy atom. The highest BCUT2D eigenvalue weighted by Gasteiger charge is 2.24. The molecule has 7 nitrogen and oxygen atoms in total. The molecule has 5 rings (SSSR count). The van der Waals surface area contributed by atoms with Crippen LogP contribution >= 0.6 is 0 Å². The van der Waals surface area contributed by atoms with E-state index in [1.165, 1.54) is 0 Å². The second-order valence-corrected chi connectivity index (χ2v) is 7.80. The number of nitrogens with one attached hydrogen (secondary N) is 1. The van der Waals surface area contributed by atoms with Gasteiger partial charge in [-0.25, -0.2) is 9.67 Å². The number of pyridine rings is 2. The molecular weight excluding hydrogens is 424 g/mol. The van der Waals surface area contributed by atoms with Crippen molar-refractivity contribution in [2.24, 2.45) is 0 Å². The van der Waals surface area contributed by atoms with Gasteiger partial charge < -0.3 is 5.32 Å². The van der Waals surface area contributed by atoms with Crippen molar-refractivity contribution in [3.05, 3.63) is 104 Å². The highest BCUT2D eigenvalue weighted by molar-refractivity contribution is 5.93. The molecule has 3 heterocycles. The molecule has 1 unspecified atom stereocenters. The van der Waals surface area contributed by atoms with Crippen LogP contribution in [-0.4, -0.2) is 30.9 Å². The van der Waals surface area contributed by atoms with Gasteiger partial charge in [0.2, 0.25) is 5.91 Å². The predicted molar refractivity (Wildman–Crippen MR) is 132 cm³/mol. The van der Waals surface area contributed by atoms with Gasteiger partial charge in [0.15, 0.2) is 0 Å². The summed E-state index contributed by atoms with van der Waals surface area (Å²) in [6.07, 6.45) is 5.18. The van der Waals surface area contributed by atoms with E-state index < -0.39 is 6.04 Å². The second-order valence-electron chi connectivity index (χ2n) is 7.80. The van der Waals surface area contributed by atoms with Crippen LogP contribution < -0.4 is 5.32 Å². The Morgan fingerprint density at radius 1 is 0.794 bits per heavy atom. The van der Waals surface area contributed by atoms with E-state index in [1.807, 2.05) is 78.9 Å². The number of amides is 1. The van der Waals surface area contributed by atoms with Crippen LogP contribution in [0.5, 0.6) is 0 Å². The molecule has 166 valence electrons. The molecule has 1 amide bonds. The number of carbonyl (C=O) groups excluding carboxylic acids is 1. The van der Waals surface area contributed by atoms with Crippen LogP contribution in [0.25, 0.3) is 33.6 Å². The van der Waals surface area contributed by atoms with Crippen LogP contribution in [0.15, 0.2) is 104 Å². The van der Waals surface area contributed by atoms with Crippen LogP contribution in [0.4, 0.5) is 5.82 Å². The lowest BCUT2D eigenvalue weighted by atomic mass is 10.1. The summed E-state index contributed by atoms with van der Waals surface area (Å²) in [6.45, 7) is 1.80. The molecular formula is C27H22N6O. The van der Waals surface area contributed by atoms with E-state index in [1.54, 1.807) is 36.3 Å². The van der Waals surface area contributed by atoms with E-state index in [9.17, 15) is 4.79 Å². The Balaban J connectivity index is 1.43. The van der Waals surface area contributed by atoms with Crippen LogP contribution in [0.1, 0.15) is 13.0 Å². The van der Waals surface area contributed by atoms with Gasteiger partial charge in [0.1, 0.15) is 17.6 Å². The molecule has 2 aromatic carbocycles. The molecule has 34 heavy (non-hydrogen) atoms. The maximum Gasteiger partial charge on any atom is 0.250 e. The third kappa shape index (κ3) is 4.31. The van der Waals surface area contributed by atoms with Gasteiger partial charge in [-0.1, -0.05) is 65.9 Å². The number of rotatable bonds is 6. The Labute approximate surface area is 197 Å². The minimum absolute atomic E-state index is 0.233. The number of benzene rings is 2. The highest BCUT2D eigenvalue weighted by atomic mass is 16.2. The fourth-order valence-corrected chi connectivity index (χ4v) is 3.74. The normalized spacial score (nSPS) is 11.7. The monoisotopic (exact) mass is 446 g/mol. The third-order valence-electron chi connectivity index (χ3n) is 5.56. The first-order valence-corrected chi connectivity index (χ1v) is 10.9. The first-order valence-electron chi connectivity index (χ1n) is 10.9. The Kier molecular flexibility index (Phi) is 5.90. The molecule has 0 aliphatic carbocycles. The van der Waals surface area contributed by atoms with E-state index in [0.717, 1.165) is 27.9 Å². The SMILES string of the molecule is CC(C(=O)Nc1ccc(-c2ccccc2)cn1)n1nnc(-c2ccncc2)c1-c1ccccc1. The lowest BCUT2D eigenvalue weighted by Crippen LogP contribution is -2.25. The minimum Gasteiger partial charge on any atom is -0.309 e. The maximum atomic E-state index is 13.1. The molecule has 0 saturated heterocycles. The van der Waals surface area contributed by atoms with Crippen molar-refractivity contribution in [2.75, 3.05) is 5.32 Å². The zero-order valence-corrected chi connectivity index (χ0v) is 18.5. The molecule has 7 heteroatoms. The standard InChI is InChI=1S/C27H22N6O/c1-19(27(34)30-24-13-12-23(18-29-24)20-8-4-2-5-9-20)33-26(22-10-6-3-7-11-22)25(31-32-33)21-14-16-28-17-15-21/h2-19H,1H3,(H,29,30,34). The molecule has 1 N–H and O–H groups in total. The van der Waals surface area contributed by atoms with Gasteiger partial charge in [0.25, 0.3) is 0 Å². The smallest absolute Gasteiger partial charge is 0.250 e. The molecule has 3 aromatic heterocycles. The Morgan fingerprint density at radius 2 is 1.47 bits per heavy atom. The van der Waals surface area contributed by atoms with E-state index in [2.05, 4.69) is 25.6 Å². The van der Waals surface area contributed by atoms with Crippen molar-refractivity contribution in [3.63, 3.8) is 0 Å². The summed E-state index contributed by atoms with van der Waals surface area (Å²) in [5, 5.41) is 11.7. The van der Waals surface area contributed by atoms with Crippen molar-refractivity contribution in [1.82, 2.24) is 25.0 Å². The number of aromatic nitrogens is 5. The fraction of sp³-hybridized carbons (Fsp3) is 0.0741. The summed E-state index contributed by atoms with van der Waals surface area (Å²) in [5.41, 5.74) is 5.31. The van der Waals surface area contributed by atoms with Crippen molar-refractivity contribution in [3.8, 4) is 33.6 Å². The average molecular weight is 447 g/mol. The molecule has 1 atom stereocenters. The van der Waals surface area contributed by atoms with Gasteiger partial charge in [-0.2, -0.15) is 0 Å². The highest BCUT2D eigenvalue weighted by Crippen LogP contribution is 2.32. The number of hydrogen-bond acceptors (Lipinski definition) is 5. The van der Waals surface area contributed by atoms with Crippen LogP contribution in [0, 0.1) is 0 Å². The summed E-state index contributed by atoms with van der Waals surface area (Å²) in [4.78, 5) is 21.7. The summed E-state index contributed by atoms with van der Waals surface area (Å²) in [7, 11) is 0.